The SMILES string of the molecule is CN(C)c1ccc([C@H]2C[C@@H](O)[C@@H](CO)O2)cc1. The molecule has 4 nitrogen and oxygen atoms in total. The van der Waals surface area contributed by atoms with E-state index in [1.165, 1.54) is 0 Å². The summed E-state index contributed by atoms with van der Waals surface area (Å²) in [5, 5.41) is 18.7. The molecule has 0 unspecified atom stereocenters. The van der Waals surface area contributed by atoms with Crippen LogP contribution >= 0.6 is 0 Å². The lowest BCUT2D eigenvalue weighted by Gasteiger charge is -2.15. The van der Waals surface area contributed by atoms with Gasteiger partial charge in [-0.25, -0.2) is 0 Å². The molecule has 2 N–H and O–H groups in total. The number of rotatable bonds is 3. The lowest BCUT2D eigenvalue weighted by Crippen LogP contribution is -2.24. The van der Waals surface area contributed by atoms with Crippen molar-refractivity contribution in [2.75, 3.05) is 25.6 Å². The minimum atomic E-state index is -0.571. The second-order valence-electron chi connectivity index (χ2n) is 4.63. The highest BCUT2D eigenvalue weighted by molar-refractivity contribution is 5.46. The first-order chi connectivity index (χ1) is 8.11. The fourth-order valence-corrected chi connectivity index (χ4v) is 2.09. The van der Waals surface area contributed by atoms with E-state index in [0.29, 0.717) is 6.42 Å². The number of benzene rings is 1. The lowest BCUT2D eigenvalue weighted by atomic mass is 10.0. The Bertz CT molecular complexity index is 363. The van der Waals surface area contributed by atoms with Crippen molar-refractivity contribution in [2.24, 2.45) is 0 Å². The summed E-state index contributed by atoms with van der Waals surface area (Å²) in [5.41, 5.74) is 2.18. The Kier molecular flexibility index (Phi) is 3.66. The molecule has 1 heterocycles. The Morgan fingerprint density at radius 2 is 1.94 bits per heavy atom. The summed E-state index contributed by atoms with van der Waals surface area (Å²) >= 11 is 0. The smallest absolute Gasteiger partial charge is 0.107 e. The van der Waals surface area contributed by atoms with E-state index in [9.17, 15) is 5.11 Å². The predicted octanol–water partition coefficient (Wildman–Crippen LogP) is 0.936. The van der Waals surface area contributed by atoms with Crippen LogP contribution in [0.3, 0.4) is 0 Å². The molecule has 0 saturated carbocycles. The van der Waals surface area contributed by atoms with Gasteiger partial charge in [-0.2, -0.15) is 0 Å². The molecular formula is C13H19NO3. The number of ether oxygens (including phenoxy) is 1. The fourth-order valence-electron chi connectivity index (χ4n) is 2.09. The third-order valence-corrected chi connectivity index (χ3v) is 3.19. The zero-order valence-electron chi connectivity index (χ0n) is 10.2. The number of aliphatic hydroxyl groups excluding tert-OH is 2. The van der Waals surface area contributed by atoms with Gasteiger partial charge in [-0.3, -0.25) is 0 Å². The second kappa shape index (κ2) is 5.04. The quantitative estimate of drug-likeness (QED) is 0.821. The molecule has 17 heavy (non-hydrogen) atoms. The average Bonchev–Trinajstić information content (AvgIpc) is 2.70. The molecule has 0 radical (unpaired) electrons. The normalized spacial score (nSPS) is 28.4. The average molecular weight is 237 g/mol. The van der Waals surface area contributed by atoms with E-state index in [1.54, 1.807) is 0 Å². The van der Waals surface area contributed by atoms with Crippen LogP contribution in [0.4, 0.5) is 5.69 Å². The minimum Gasteiger partial charge on any atom is -0.394 e. The van der Waals surface area contributed by atoms with Crippen LogP contribution in [0.25, 0.3) is 0 Å². The highest BCUT2D eigenvalue weighted by Gasteiger charge is 2.34. The summed E-state index contributed by atoms with van der Waals surface area (Å²) in [6.07, 6.45) is -0.586. The number of hydrogen-bond acceptors (Lipinski definition) is 4. The van der Waals surface area contributed by atoms with E-state index in [1.807, 2.05) is 43.3 Å². The van der Waals surface area contributed by atoms with Gasteiger partial charge in [0.2, 0.25) is 0 Å². The van der Waals surface area contributed by atoms with E-state index in [-0.39, 0.29) is 12.7 Å². The van der Waals surface area contributed by atoms with Crippen molar-refractivity contribution in [1.29, 1.82) is 0 Å². The Balaban J connectivity index is 2.08. The predicted molar refractivity (Wildman–Crippen MR) is 66.1 cm³/mol. The topological polar surface area (TPSA) is 52.9 Å². The largest absolute Gasteiger partial charge is 0.394 e. The molecule has 0 amide bonds. The summed E-state index contributed by atoms with van der Waals surface area (Å²) < 4.78 is 5.60. The van der Waals surface area contributed by atoms with E-state index in [2.05, 4.69) is 0 Å². The van der Waals surface area contributed by atoms with Crippen LogP contribution in [0.2, 0.25) is 0 Å². The van der Waals surface area contributed by atoms with Crippen LogP contribution < -0.4 is 4.90 Å². The van der Waals surface area contributed by atoms with Crippen LogP contribution in [0, 0.1) is 0 Å². The van der Waals surface area contributed by atoms with Gasteiger partial charge in [-0.05, 0) is 17.7 Å². The zero-order valence-corrected chi connectivity index (χ0v) is 10.2. The van der Waals surface area contributed by atoms with Crippen molar-refractivity contribution in [1.82, 2.24) is 0 Å². The number of anilines is 1. The van der Waals surface area contributed by atoms with Gasteiger partial charge in [0.15, 0.2) is 0 Å². The molecule has 4 heteroatoms. The summed E-state index contributed by atoms with van der Waals surface area (Å²) in [5.74, 6) is 0. The molecule has 1 saturated heterocycles. The van der Waals surface area contributed by atoms with Crippen molar-refractivity contribution in [3.8, 4) is 0 Å². The molecule has 2 rings (SSSR count). The molecule has 3 atom stereocenters. The van der Waals surface area contributed by atoms with Gasteiger partial charge >= 0.3 is 0 Å². The first kappa shape index (κ1) is 12.4. The van der Waals surface area contributed by atoms with Gasteiger partial charge in [-0.15, -0.1) is 0 Å². The molecule has 1 aromatic rings. The van der Waals surface area contributed by atoms with Crippen molar-refractivity contribution < 1.29 is 14.9 Å². The zero-order chi connectivity index (χ0) is 12.4. The van der Waals surface area contributed by atoms with Crippen LogP contribution in [0.15, 0.2) is 24.3 Å². The van der Waals surface area contributed by atoms with E-state index >= 15 is 0 Å². The summed E-state index contributed by atoms with van der Waals surface area (Å²) in [7, 11) is 3.99. The molecule has 1 aliphatic heterocycles. The lowest BCUT2D eigenvalue weighted by molar-refractivity contribution is -0.0225. The maximum atomic E-state index is 9.67. The Hall–Kier alpha value is -1.10. The molecule has 1 fully saturated rings. The maximum absolute atomic E-state index is 9.67. The Morgan fingerprint density at radius 1 is 1.29 bits per heavy atom. The number of aliphatic hydroxyl groups is 2. The first-order valence-electron chi connectivity index (χ1n) is 5.83. The maximum Gasteiger partial charge on any atom is 0.107 e. The van der Waals surface area contributed by atoms with Crippen molar-refractivity contribution in [2.45, 2.75) is 24.7 Å². The fraction of sp³-hybridized carbons (Fsp3) is 0.538. The van der Waals surface area contributed by atoms with Crippen molar-refractivity contribution in [3.63, 3.8) is 0 Å². The van der Waals surface area contributed by atoms with E-state index < -0.39 is 12.2 Å². The highest BCUT2D eigenvalue weighted by Crippen LogP contribution is 2.33. The molecule has 1 aromatic carbocycles. The Labute approximate surface area is 101 Å². The number of hydrogen-bond donors (Lipinski definition) is 2. The van der Waals surface area contributed by atoms with Crippen molar-refractivity contribution >= 4 is 5.69 Å². The molecule has 1 aliphatic rings. The molecule has 0 spiro atoms. The Morgan fingerprint density at radius 3 is 2.41 bits per heavy atom. The second-order valence-corrected chi connectivity index (χ2v) is 4.63. The highest BCUT2D eigenvalue weighted by atomic mass is 16.5. The molecular weight excluding hydrogens is 218 g/mol. The van der Waals surface area contributed by atoms with Crippen LogP contribution in [0.5, 0.6) is 0 Å². The molecule has 0 bridgehead atoms. The van der Waals surface area contributed by atoms with Crippen LogP contribution in [-0.4, -0.2) is 43.1 Å². The molecule has 0 aromatic heterocycles. The first-order valence-corrected chi connectivity index (χ1v) is 5.83. The monoisotopic (exact) mass is 237 g/mol. The number of nitrogens with zero attached hydrogens (tertiary/aromatic N) is 1. The summed E-state index contributed by atoms with van der Waals surface area (Å²) in [6.45, 7) is -0.131. The van der Waals surface area contributed by atoms with E-state index in [4.69, 9.17) is 9.84 Å². The van der Waals surface area contributed by atoms with Gasteiger partial charge in [0.1, 0.15) is 6.10 Å². The van der Waals surface area contributed by atoms with E-state index in [0.717, 1.165) is 11.3 Å². The van der Waals surface area contributed by atoms with Gasteiger partial charge in [0.05, 0.1) is 18.8 Å². The third-order valence-electron chi connectivity index (χ3n) is 3.19. The molecule has 94 valence electrons. The summed E-state index contributed by atoms with van der Waals surface area (Å²) in [6, 6.07) is 8.06. The van der Waals surface area contributed by atoms with Crippen LogP contribution in [0.1, 0.15) is 18.1 Å². The molecule has 0 aliphatic carbocycles. The van der Waals surface area contributed by atoms with Gasteiger partial charge in [-0.1, -0.05) is 12.1 Å². The van der Waals surface area contributed by atoms with Gasteiger partial charge in [0, 0.05) is 26.2 Å². The van der Waals surface area contributed by atoms with Gasteiger partial charge < -0.3 is 19.8 Å². The standard InChI is InChI=1S/C13H19NO3/c1-14(2)10-5-3-9(4-6-10)12-7-11(16)13(8-15)17-12/h3-6,11-13,15-16H,7-8H2,1-2H3/t11-,12-,13-/m1/s1. The van der Waals surface area contributed by atoms with Gasteiger partial charge in [0.25, 0.3) is 0 Å². The third kappa shape index (κ3) is 2.60. The summed E-state index contributed by atoms with van der Waals surface area (Å²) in [4.78, 5) is 2.03. The van der Waals surface area contributed by atoms with Crippen molar-refractivity contribution in [3.05, 3.63) is 29.8 Å². The minimum absolute atomic E-state index is 0.113. The van der Waals surface area contributed by atoms with Crippen LogP contribution in [-0.2, 0) is 4.74 Å².